The molecule has 0 spiro atoms. The molecule has 0 saturated carbocycles. The Balaban J connectivity index is 2.04. The summed E-state index contributed by atoms with van der Waals surface area (Å²) in [4.78, 5) is 11.4. The Kier molecular flexibility index (Phi) is 2.11. The Bertz CT molecular complexity index is 422. The Morgan fingerprint density at radius 1 is 1.44 bits per heavy atom. The molecule has 4 nitrogen and oxygen atoms in total. The Labute approximate surface area is 94.3 Å². The predicted molar refractivity (Wildman–Crippen MR) is 61.3 cm³/mol. The molecular weight excluding hydrogens is 202 g/mol. The number of carbonyl (C=O) groups excluding carboxylic acids is 1. The molecule has 84 valence electrons. The first-order valence-corrected chi connectivity index (χ1v) is 5.65. The summed E-state index contributed by atoms with van der Waals surface area (Å²) in [5.41, 5.74) is 7.91. The minimum atomic E-state index is -0.256. The highest BCUT2D eigenvalue weighted by atomic mass is 16.1. The first kappa shape index (κ1) is 9.66. The molecule has 3 rings (SSSR count). The molecule has 2 aliphatic heterocycles. The van der Waals surface area contributed by atoms with Gasteiger partial charge < -0.3 is 11.1 Å². The number of rotatable bonds is 1. The summed E-state index contributed by atoms with van der Waals surface area (Å²) < 4.78 is 0. The topological polar surface area (TPSA) is 67.2 Å². The lowest BCUT2D eigenvalue weighted by Crippen LogP contribution is -2.54. The van der Waals surface area contributed by atoms with Crippen LogP contribution in [0.4, 0.5) is 0 Å². The van der Waals surface area contributed by atoms with Gasteiger partial charge in [-0.3, -0.25) is 10.1 Å². The third kappa shape index (κ3) is 1.30. The van der Waals surface area contributed by atoms with Crippen molar-refractivity contribution in [2.24, 2.45) is 11.7 Å². The summed E-state index contributed by atoms with van der Waals surface area (Å²) in [6.07, 6.45) is 9.17. The molecule has 3 aliphatic rings. The third-order valence-corrected chi connectivity index (χ3v) is 3.55. The van der Waals surface area contributed by atoms with Gasteiger partial charge in [0.15, 0.2) is 0 Å². The number of fused-ring (bicyclic) bond motifs is 2. The second kappa shape index (κ2) is 3.49. The summed E-state index contributed by atoms with van der Waals surface area (Å²) in [6.45, 7) is 0.930. The Hall–Kier alpha value is -1.55. The molecule has 0 aromatic heterocycles. The minimum absolute atomic E-state index is 0.124. The van der Waals surface area contributed by atoms with Gasteiger partial charge >= 0.3 is 0 Å². The van der Waals surface area contributed by atoms with E-state index in [1.54, 1.807) is 0 Å². The van der Waals surface area contributed by atoms with Gasteiger partial charge in [-0.2, -0.15) is 0 Å². The smallest absolute Gasteiger partial charge is 0.235 e. The van der Waals surface area contributed by atoms with E-state index in [2.05, 4.69) is 22.8 Å². The lowest BCUT2D eigenvalue weighted by molar-refractivity contribution is -0.121. The molecule has 2 heterocycles. The molecule has 4 heteroatoms. The SMILES string of the molecule is NC(=O)C1NC2C=CC=CC2=C2NCCC21. The zero-order valence-corrected chi connectivity index (χ0v) is 8.94. The lowest BCUT2D eigenvalue weighted by atomic mass is 9.84. The average Bonchev–Trinajstić information content (AvgIpc) is 2.76. The van der Waals surface area contributed by atoms with Crippen molar-refractivity contribution in [3.8, 4) is 0 Å². The van der Waals surface area contributed by atoms with Crippen LogP contribution in [0.5, 0.6) is 0 Å². The minimum Gasteiger partial charge on any atom is -0.388 e. The summed E-state index contributed by atoms with van der Waals surface area (Å²) in [5, 5.41) is 6.71. The molecule has 16 heavy (non-hydrogen) atoms. The summed E-state index contributed by atoms with van der Waals surface area (Å²) >= 11 is 0. The van der Waals surface area contributed by atoms with Crippen LogP contribution in [-0.4, -0.2) is 24.5 Å². The van der Waals surface area contributed by atoms with Gasteiger partial charge in [0.25, 0.3) is 0 Å². The number of carbonyl (C=O) groups is 1. The molecule has 1 amide bonds. The first-order valence-electron chi connectivity index (χ1n) is 5.65. The zero-order chi connectivity index (χ0) is 11.1. The van der Waals surface area contributed by atoms with Crippen molar-refractivity contribution in [2.75, 3.05) is 6.54 Å². The molecule has 3 atom stereocenters. The molecule has 0 radical (unpaired) electrons. The number of hydrogen-bond acceptors (Lipinski definition) is 3. The normalized spacial score (nSPS) is 35.6. The van der Waals surface area contributed by atoms with E-state index in [1.165, 1.54) is 11.3 Å². The van der Waals surface area contributed by atoms with Gasteiger partial charge in [0.1, 0.15) is 0 Å². The van der Waals surface area contributed by atoms with Gasteiger partial charge in [0.05, 0.1) is 12.1 Å². The largest absolute Gasteiger partial charge is 0.388 e. The maximum Gasteiger partial charge on any atom is 0.235 e. The van der Waals surface area contributed by atoms with Crippen LogP contribution >= 0.6 is 0 Å². The average molecular weight is 217 g/mol. The molecule has 0 aromatic carbocycles. The van der Waals surface area contributed by atoms with Gasteiger partial charge in [-0.1, -0.05) is 24.3 Å². The van der Waals surface area contributed by atoms with E-state index >= 15 is 0 Å². The quantitative estimate of drug-likeness (QED) is 0.570. The molecule has 1 saturated heterocycles. The molecule has 1 aliphatic carbocycles. The first-order chi connectivity index (χ1) is 7.77. The summed E-state index contributed by atoms with van der Waals surface area (Å²) in [6, 6.07) is -0.116. The van der Waals surface area contributed by atoms with Crippen LogP contribution in [0.25, 0.3) is 0 Å². The summed E-state index contributed by atoms with van der Waals surface area (Å²) in [7, 11) is 0. The van der Waals surface area contributed by atoms with E-state index in [0.717, 1.165) is 13.0 Å². The van der Waals surface area contributed by atoms with Crippen LogP contribution in [0.15, 0.2) is 35.6 Å². The lowest BCUT2D eigenvalue weighted by Gasteiger charge is -2.35. The highest BCUT2D eigenvalue weighted by Gasteiger charge is 2.40. The Morgan fingerprint density at radius 2 is 2.31 bits per heavy atom. The van der Waals surface area contributed by atoms with Crippen LogP contribution in [0.1, 0.15) is 6.42 Å². The monoisotopic (exact) mass is 217 g/mol. The highest BCUT2D eigenvalue weighted by molar-refractivity contribution is 5.81. The molecule has 3 unspecified atom stereocenters. The molecule has 4 N–H and O–H groups in total. The van der Waals surface area contributed by atoms with E-state index in [-0.39, 0.29) is 23.9 Å². The third-order valence-electron chi connectivity index (χ3n) is 3.55. The van der Waals surface area contributed by atoms with E-state index < -0.39 is 0 Å². The van der Waals surface area contributed by atoms with Crippen LogP contribution in [0, 0.1) is 5.92 Å². The van der Waals surface area contributed by atoms with Crippen LogP contribution in [-0.2, 0) is 4.79 Å². The Morgan fingerprint density at radius 3 is 3.12 bits per heavy atom. The van der Waals surface area contributed by atoms with Crippen LogP contribution < -0.4 is 16.4 Å². The van der Waals surface area contributed by atoms with E-state index in [4.69, 9.17) is 5.73 Å². The molecule has 0 aromatic rings. The van der Waals surface area contributed by atoms with Gasteiger partial charge in [-0.15, -0.1) is 0 Å². The predicted octanol–water partition coefficient (Wildman–Crippen LogP) is -0.198. The number of hydrogen-bond donors (Lipinski definition) is 3. The van der Waals surface area contributed by atoms with Crippen molar-refractivity contribution in [3.63, 3.8) is 0 Å². The van der Waals surface area contributed by atoms with Gasteiger partial charge in [-0.05, 0) is 12.0 Å². The fourth-order valence-electron chi connectivity index (χ4n) is 2.82. The van der Waals surface area contributed by atoms with E-state index in [9.17, 15) is 4.79 Å². The van der Waals surface area contributed by atoms with Gasteiger partial charge in [0.2, 0.25) is 5.91 Å². The number of amides is 1. The maximum absolute atomic E-state index is 11.4. The van der Waals surface area contributed by atoms with Gasteiger partial charge in [-0.25, -0.2) is 0 Å². The highest BCUT2D eigenvalue weighted by Crippen LogP contribution is 2.33. The van der Waals surface area contributed by atoms with Crippen molar-refractivity contribution in [1.82, 2.24) is 10.6 Å². The molecule has 0 bridgehead atoms. The maximum atomic E-state index is 11.4. The van der Waals surface area contributed by atoms with Crippen molar-refractivity contribution >= 4 is 5.91 Å². The van der Waals surface area contributed by atoms with E-state index in [1.807, 2.05) is 12.2 Å². The standard InChI is InChI=1S/C12H15N3O/c13-12(16)11-8-5-6-14-10(8)7-3-1-2-4-9(7)15-11/h1-4,8-9,11,14-15H,5-6H2,(H2,13,16). The number of allylic oxidation sites excluding steroid dienone is 2. The van der Waals surface area contributed by atoms with E-state index in [0.29, 0.717) is 0 Å². The van der Waals surface area contributed by atoms with Gasteiger partial charge in [0, 0.05) is 18.2 Å². The van der Waals surface area contributed by atoms with Crippen molar-refractivity contribution in [3.05, 3.63) is 35.6 Å². The van der Waals surface area contributed by atoms with Crippen molar-refractivity contribution in [1.29, 1.82) is 0 Å². The second-order valence-electron chi connectivity index (χ2n) is 4.46. The fourth-order valence-corrected chi connectivity index (χ4v) is 2.82. The zero-order valence-electron chi connectivity index (χ0n) is 8.94. The van der Waals surface area contributed by atoms with Crippen LogP contribution in [0.2, 0.25) is 0 Å². The van der Waals surface area contributed by atoms with Crippen molar-refractivity contribution < 1.29 is 4.79 Å². The second-order valence-corrected chi connectivity index (χ2v) is 4.46. The molecule has 1 fully saturated rings. The summed E-state index contributed by atoms with van der Waals surface area (Å²) in [5.74, 6) is -0.0342. The van der Waals surface area contributed by atoms with Crippen LogP contribution in [0.3, 0.4) is 0 Å². The molecular formula is C12H15N3O. The number of nitrogens with two attached hydrogens (primary N) is 1. The number of primary amides is 1. The number of nitrogens with one attached hydrogen (secondary N) is 2. The fraction of sp³-hybridized carbons (Fsp3) is 0.417. The van der Waals surface area contributed by atoms with Crippen molar-refractivity contribution in [2.45, 2.75) is 18.5 Å².